The Balaban J connectivity index is 1.49. The highest BCUT2D eigenvalue weighted by molar-refractivity contribution is 6.35. The SMILES string of the molecule is CCCN1CCC(C(COC(=O)Nc2cc(Cl)cc(Cl)c2)c2ccc(-c3cccc(C#N)c3)cc2)CC1. The normalized spacial score (nSPS) is 15.1. The van der Waals surface area contributed by atoms with E-state index < -0.39 is 6.09 Å². The molecule has 1 unspecified atom stereocenters. The number of hydrogen-bond donors (Lipinski definition) is 1. The highest BCUT2D eigenvalue weighted by Crippen LogP contribution is 2.34. The molecule has 37 heavy (non-hydrogen) atoms. The summed E-state index contributed by atoms with van der Waals surface area (Å²) >= 11 is 12.1. The van der Waals surface area contributed by atoms with Gasteiger partial charge in [0.1, 0.15) is 6.61 Å². The van der Waals surface area contributed by atoms with Crippen molar-refractivity contribution in [3.8, 4) is 17.2 Å². The van der Waals surface area contributed by atoms with Gasteiger partial charge in [-0.15, -0.1) is 0 Å². The van der Waals surface area contributed by atoms with E-state index in [1.165, 1.54) is 0 Å². The molecule has 0 bridgehead atoms. The van der Waals surface area contributed by atoms with Crippen LogP contribution in [0.4, 0.5) is 10.5 Å². The molecular formula is C30H31Cl2N3O2. The van der Waals surface area contributed by atoms with Crippen LogP contribution in [0.25, 0.3) is 11.1 Å². The maximum Gasteiger partial charge on any atom is 0.411 e. The molecule has 1 amide bonds. The van der Waals surface area contributed by atoms with Gasteiger partial charge in [0.05, 0.1) is 11.6 Å². The summed E-state index contributed by atoms with van der Waals surface area (Å²) in [6.45, 7) is 5.72. The van der Waals surface area contributed by atoms with Crippen LogP contribution in [0.15, 0.2) is 66.7 Å². The molecule has 1 heterocycles. The third kappa shape index (κ3) is 7.49. The van der Waals surface area contributed by atoms with Crippen molar-refractivity contribution in [2.24, 2.45) is 5.92 Å². The van der Waals surface area contributed by atoms with E-state index in [0.717, 1.165) is 55.6 Å². The van der Waals surface area contributed by atoms with Crippen LogP contribution < -0.4 is 5.32 Å². The molecule has 192 valence electrons. The lowest BCUT2D eigenvalue weighted by Crippen LogP contribution is -2.37. The minimum absolute atomic E-state index is 0.0805. The Morgan fingerprint density at radius 3 is 2.41 bits per heavy atom. The van der Waals surface area contributed by atoms with Crippen LogP contribution in [0, 0.1) is 17.2 Å². The van der Waals surface area contributed by atoms with Crippen molar-refractivity contribution < 1.29 is 9.53 Å². The van der Waals surface area contributed by atoms with E-state index in [9.17, 15) is 10.1 Å². The largest absolute Gasteiger partial charge is 0.449 e. The fourth-order valence-corrected chi connectivity index (χ4v) is 5.56. The van der Waals surface area contributed by atoms with Gasteiger partial charge >= 0.3 is 6.09 Å². The number of ether oxygens (including phenoxy) is 1. The second-order valence-electron chi connectivity index (χ2n) is 9.48. The zero-order valence-corrected chi connectivity index (χ0v) is 22.4. The monoisotopic (exact) mass is 535 g/mol. The van der Waals surface area contributed by atoms with Gasteiger partial charge < -0.3 is 9.64 Å². The van der Waals surface area contributed by atoms with Crippen LogP contribution in [-0.4, -0.2) is 37.2 Å². The van der Waals surface area contributed by atoms with Crippen molar-refractivity contribution in [2.75, 3.05) is 31.6 Å². The van der Waals surface area contributed by atoms with E-state index in [-0.39, 0.29) is 12.5 Å². The summed E-state index contributed by atoms with van der Waals surface area (Å²) in [5.74, 6) is 0.492. The number of benzene rings is 3. The van der Waals surface area contributed by atoms with Crippen molar-refractivity contribution in [2.45, 2.75) is 32.1 Å². The molecule has 0 saturated carbocycles. The molecule has 7 heteroatoms. The third-order valence-electron chi connectivity index (χ3n) is 6.91. The number of carbonyl (C=O) groups is 1. The Labute approximate surface area is 229 Å². The number of carbonyl (C=O) groups excluding carboxylic acids is 1. The van der Waals surface area contributed by atoms with Gasteiger partial charge in [-0.05, 0) is 91.8 Å². The van der Waals surface area contributed by atoms with Gasteiger partial charge in [0.2, 0.25) is 0 Å². The first-order chi connectivity index (χ1) is 17.9. The highest BCUT2D eigenvalue weighted by atomic mass is 35.5. The van der Waals surface area contributed by atoms with Gasteiger partial charge in [-0.2, -0.15) is 5.26 Å². The predicted octanol–water partition coefficient (Wildman–Crippen LogP) is 7.99. The van der Waals surface area contributed by atoms with Gasteiger partial charge in [-0.1, -0.05) is 66.5 Å². The molecule has 1 fully saturated rings. The molecule has 1 N–H and O–H groups in total. The maximum atomic E-state index is 12.6. The van der Waals surface area contributed by atoms with Gasteiger partial charge in [0, 0.05) is 21.7 Å². The van der Waals surface area contributed by atoms with E-state index in [2.05, 4.69) is 47.5 Å². The lowest BCUT2D eigenvalue weighted by Gasteiger charge is -2.36. The first-order valence-electron chi connectivity index (χ1n) is 12.7. The summed E-state index contributed by atoms with van der Waals surface area (Å²) in [7, 11) is 0. The Morgan fingerprint density at radius 1 is 1.05 bits per heavy atom. The highest BCUT2D eigenvalue weighted by Gasteiger charge is 2.29. The molecule has 4 rings (SSSR count). The summed E-state index contributed by atoms with van der Waals surface area (Å²) in [6.07, 6.45) is 2.74. The molecule has 5 nitrogen and oxygen atoms in total. The Morgan fingerprint density at radius 2 is 1.76 bits per heavy atom. The summed E-state index contributed by atoms with van der Waals surface area (Å²) < 4.78 is 5.73. The minimum atomic E-state index is -0.531. The zero-order valence-electron chi connectivity index (χ0n) is 20.9. The van der Waals surface area contributed by atoms with E-state index in [1.807, 2.05) is 18.2 Å². The fourth-order valence-electron chi connectivity index (χ4n) is 5.04. The third-order valence-corrected chi connectivity index (χ3v) is 7.34. The number of nitrogens with zero attached hydrogens (tertiary/aromatic N) is 2. The average Bonchev–Trinajstić information content (AvgIpc) is 2.89. The molecule has 3 aromatic carbocycles. The molecule has 0 spiro atoms. The number of likely N-dealkylation sites (tertiary alicyclic amines) is 1. The standard InChI is InChI=1S/C30H31Cl2N3O2/c1-2-12-35-13-10-24(11-14-35)29(20-37-30(36)34-28-17-26(31)16-27(32)18-28)23-8-6-22(7-9-23)25-5-3-4-21(15-25)19-33/h3-9,15-18,24,29H,2,10-14,20H2,1H3,(H,34,36). The second-order valence-corrected chi connectivity index (χ2v) is 10.4. The van der Waals surface area contributed by atoms with Crippen LogP contribution in [0.2, 0.25) is 10.0 Å². The molecule has 0 aromatic heterocycles. The number of nitrogens with one attached hydrogen (secondary N) is 1. The van der Waals surface area contributed by atoms with Crippen LogP contribution in [-0.2, 0) is 4.74 Å². The summed E-state index contributed by atoms with van der Waals surface area (Å²) in [6, 6.07) is 23.1. The average molecular weight is 537 g/mol. The molecular weight excluding hydrogens is 505 g/mol. The van der Waals surface area contributed by atoms with Gasteiger partial charge in [-0.25, -0.2) is 4.79 Å². The second kappa shape index (κ2) is 13.0. The molecule has 0 aliphatic carbocycles. The molecule has 3 aromatic rings. The molecule has 1 atom stereocenters. The topological polar surface area (TPSA) is 65.4 Å². The van der Waals surface area contributed by atoms with Crippen LogP contribution in [0.5, 0.6) is 0 Å². The van der Waals surface area contributed by atoms with E-state index in [1.54, 1.807) is 24.3 Å². The summed E-state index contributed by atoms with van der Waals surface area (Å²) in [5.41, 5.74) is 4.34. The number of anilines is 1. The minimum Gasteiger partial charge on any atom is -0.449 e. The molecule has 1 aliphatic rings. The zero-order chi connectivity index (χ0) is 26.2. The van der Waals surface area contributed by atoms with Crippen molar-refractivity contribution >= 4 is 35.0 Å². The quantitative estimate of drug-likeness (QED) is 0.317. The number of hydrogen-bond acceptors (Lipinski definition) is 4. The predicted molar refractivity (Wildman–Crippen MR) is 150 cm³/mol. The first-order valence-corrected chi connectivity index (χ1v) is 13.4. The van der Waals surface area contributed by atoms with Crippen molar-refractivity contribution in [3.63, 3.8) is 0 Å². The van der Waals surface area contributed by atoms with Crippen LogP contribution >= 0.6 is 23.2 Å². The van der Waals surface area contributed by atoms with Gasteiger partial charge in [-0.3, -0.25) is 5.32 Å². The van der Waals surface area contributed by atoms with Crippen molar-refractivity contribution in [1.82, 2.24) is 4.90 Å². The number of piperidine rings is 1. The summed E-state index contributed by atoms with van der Waals surface area (Å²) in [4.78, 5) is 15.1. The number of nitriles is 1. The van der Waals surface area contributed by atoms with E-state index in [0.29, 0.717) is 27.2 Å². The number of rotatable bonds is 8. The Bertz CT molecular complexity index is 1230. The van der Waals surface area contributed by atoms with Gasteiger partial charge in [0.25, 0.3) is 0 Å². The smallest absolute Gasteiger partial charge is 0.411 e. The molecule has 1 saturated heterocycles. The Kier molecular flexibility index (Phi) is 9.46. The maximum absolute atomic E-state index is 12.6. The van der Waals surface area contributed by atoms with Crippen LogP contribution in [0.1, 0.15) is 43.2 Å². The lowest BCUT2D eigenvalue weighted by atomic mass is 9.80. The number of amides is 1. The molecule has 1 aliphatic heterocycles. The lowest BCUT2D eigenvalue weighted by molar-refractivity contribution is 0.116. The van der Waals surface area contributed by atoms with Crippen LogP contribution in [0.3, 0.4) is 0 Å². The first kappa shape index (κ1) is 27.0. The van der Waals surface area contributed by atoms with E-state index >= 15 is 0 Å². The Hall–Kier alpha value is -3.04. The number of halogens is 2. The summed E-state index contributed by atoms with van der Waals surface area (Å²) in [5, 5.41) is 12.9. The fraction of sp³-hybridized carbons (Fsp3) is 0.333. The van der Waals surface area contributed by atoms with Crippen molar-refractivity contribution in [3.05, 3.63) is 87.9 Å². The van der Waals surface area contributed by atoms with Crippen molar-refractivity contribution in [1.29, 1.82) is 5.26 Å². The van der Waals surface area contributed by atoms with E-state index in [4.69, 9.17) is 27.9 Å². The molecule has 0 radical (unpaired) electrons. The van der Waals surface area contributed by atoms with Gasteiger partial charge in [0.15, 0.2) is 0 Å².